The maximum atomic E-state index is 12.2. The first-order valence-corrected chi connectivity index (χ1v) is 8.66. The van der Waals surface area contributed by atoms with Crippen LogP contribution < -0.4 is 11.5 Å². The van der Waals surface area contributed by atoms with E-state index >= 15 is 0 Å². The van der Waals surface area contributed by atoms with Gasteiger partial charge in [-0.15, -0.1) is 0 Å². The van der Waals surface area contributed by atoms with Gasteiger partial charge >= 0.3 is 11.9 Å². The van der Waals surface area contributed by atoms with E-state index in [1.54, 1.807) is 13.8 Å². The quantitative estimate of drug-likeness (QED) is 0.260. The highest BCUT2D eigenvalue weighted by atomic mass is 16.6. The van der Waals surface area contributed by atoms with Crippen molar-refractivity contribution in [1.82, 2.24) is 9.97 Å². The van der Waals surface area contributed by atoms with E-state index in [0.29, 0.717) is 0 Å². The van der Waals surface area contributed by atoms with Crippen LogP contribution in [0.2, 0.25) is 0 Å². The van der Waals surface area contributed by atoms with Crippen molar-refractivity contribution in [2.45, 2.75) is 20.5 Å². The van der Waals surface area contributed by atoms with Crippen LogP contribution in [0.3, 0.4) is 0 Å². The average Bonchev–Trinajstić information content (AvgIpc) is 3.02. The van der Waals surface area contributed by atoms with Gasteiger partial charge in [-0.2, -0.15) is 4.98 Å². The smallest absolute Gasteiger partial charge is 0.342 e. The van der Waals surface area contributed by atoms with E-state index in [1.807, 2.05) is 0 Å². The van der Waals surface area contributed by atoms with Gasteiger partial charge in [-0.3, -0.25) is 10.1 Å². The second-order valence-electron chi connectivity index (χ2n) is 6.06. The number of benzene rings is 1. The predicted molar refractivity (Wildman–Crippen MR) is 104 cm³/mol. The number of nitro groups is 1. The first-order valence-electron chi connectivity index (χ1n) is 8.66. The van der Waals surface area contributed by atoms with Gasteiger partial charge in [0.2, 0.25) is 5.71 Å². The van der Waals surface area contributed by atoms with Crippen LogP contribution in [-0.2, 0) is 16.1 Å². The minimum Gasteiger partial charge on any atom is -0.462 e. The van der Waals surface area contributed by atoms with E-state index in [1.165, 1.54) is 6.07 Å². The Morgan fingerprint density at radius 3 is 2.57 bits per heavy atom. The van der Waals surface area contributed by atoms with Gasteiger partial charge in [-0.1, -0.05) is 0 Å². The summed E-state index contributed by atoms with van der Waals surface area (Å²) in [6.07, 6.45) is 0. The zero-order valence-electron chi connectivity index (χ0n) is 16.0. The van der Waals surface area contributed by atoms with E-state index in [-0.39, 0.29) is 64.2 Å². The highest BCUT2D eigenvalue weighted by Crippen LogP contribution is 2.29. The first-order chi connectivity index (χ1) is 14.2. The number of aromatic nitrogens is 2. The van der Waals surface area contributed by atoms with E-state index in [4.69, 9.17) is 25.4 Å². The molecule has 156 valence electrons. The Bertz CT molecular complexity index is 1170. The molecule has 12 nitrogen and oxygen atoms in total. The maximum Gasteiger partial charge on any atom is 0.342 e. The summed E-state index contributed by atoms with van der Waals surface area (Å²) in [5.41, 5.74) is 11.4. The van der Waals surface area contributed by atoms with E-state index in [2.05, 4.69) is 9.97 Å². The van der Waals surface area contributed by atoms with Crippen molar-refractivity contribution >= 4 is 40.2 Å². The maximum absolute atomic E-state index is 12.2. The zero-order chi connectivity index (χ0) is 22.0. The molecule has 3 aromatic rings. The van der Waals surface area contributed by atoms with E-state index < -0.39 is 16.9 Å². The molecule has 0 amide bonds. The topological polar surface area (TPSA) is 187 Å². The molecule has 30 heavy (non-hydrogen) atoms. The number of nitro benzene ring substituents is 1. The Morgan fingerprint density at radius 2 is 1.93 bits per heavy atom. The molecular formula is C18H17N5O7. The Kier molecular flexibility index (Phi) is 5.49. The number of non-ortho nitro benzene ring substituents is 1. The predicted octanol–water partition coefficient (Wildman–Crippen LogP) is 2.14. The summed E-state index contributed by atoms with van der Waals surface area (Å²) in [6.45, 7) is 3.03. The number of hydrogen-bond donors (Lipinski definition) is 2. The van der Waals surface area contributed by atoms with Gasteiger partial charge in [0.15, 0.2) is 12.4 Å². The minimum absolute atomic E-state index is 0.0259. The number of furan rings is 1. The second kappa shape index (κ2) is 8.03. The monoisotopic (exact) mass is 415 g/mol. The third-order valence-electron chi connectivity index (χ3n) is 4.08. The van der Waals surface area contributed by atoms with Crippen LogP contribution in [-0.4, -0.2) is 33.4 Å². The zero-order valence-corrected chi connectivity index (χ0v) is 16.0. The Hall–Kier alpha value is -4.22. The van der Waals surface area contributed by atoms with Gasteiger partial charge < -0.3 is 25.4 Å². The fraction of sp³-hybridized carbons (Fsp3) is 0.222. The third-order valence-corrected chi connectivity index (χ3v) is 4.08. The van der Waals surface area contributed by atoms with E-state index in [9.17, 15) is 19.7 Å². The lowest BCUT2D eigenvalue weighted by Crippen LogP contribution is -2.11. The molecule has 0 atom stereocenters. The average molecular weight is 415 g/mol. The number of hydrogen-bond acceptors (Lipinski definition) is 11. The minimum atomic E-state index is -0.826. The van der Waals surface area contributed by atoms with Crippen molar-refractivity contribution in [3.8, 4) is 0 Å². The number of fused-ring (bicyclic) bond motifs is 1. The summed E-state index contributed by atoms with van der Waals surface area (Å²) in [5, 5.41) is 11.0. The Morgan fingerprint density at radius 1 is 1.20 bits per heavy atom. The van der Waals surface area contributed by atoms with Crippen molar-refractivity contribution in [2.75, 3.05) is 18.1 Å². The fourth-order valence-corrected chi connectivity index (χ4v) is 2.75. The molecule has 0 saturated carbocycles. The molecule has 2 aromatic heterocycles. The lowest BCUT2D eigenvalue weighted by atomic mass is 10.1. The van der Waals surface area contributed by atoms with Crippen LogP contribution in [0, 0.1) is 17.0 Å². The molecule has 0 bridgehead atoms. The van der Waals surface area contributed by atoms with Crippen molar-refractivity contribution in [2.24, 2.45) is 0 Å². The molecule has 0 unspecified atom stereocenters. The molecule has 0 radical (unpaired) electrons. The second-order valence-corrected chi connectivity index (χ2v) is 6.06. The molecular weight excluding hydrogens is 398 g/mol. The number of nitrogens with zero attached hydrogens (tertiary/aromatic N) is 3. The molecule has 0 aliphatic rings. The van der Waals surface area contributed by atoms with Gasteiger partial charge in [0, 0.05) is 12.1 Å². The molecule has 2 heterocycles. The molecule has 0 saturated heterocycles. The number of nitrogen functional groups attached to an aromatic ring is 2. The summed E-state index contributed by atoms with van der Waals surface area (Å²) < 4.78 is 15.6. The number of ether oxygens (including phenoxy) is 2. The van der Waals surface area contributed by atoms with Crippen LogP contribution in [0.5, 0.6) is 0 Å². The summed E-state index contributed by atoms with van der Waals surface area (Å²) in [7, 11) is 0. The van der Waals surface area contributed by atoms with Crippen LogP contribution in [0.15, 0.2) is 22.6 Å². The fourth-order valence-electron chi connectivity index (χ4n) is 2.75. The van der Waals surface area contributed by atoms with Gasteiger partial charge in [0.25, 0.3) is 5.69 Å². The number of aryl methyl sites for hydroxylation is 1. The lowest BCUT2D eigenvalue weighted by Gasteiger charge is -2.07. The summed E-state index contributed by atoms with van der Waals surface area (Å²) in [6, 6.07) is 3.38. The highest BCUT2D eigenvalue weighted by Gasteiger charge is 2.24. The van der Waals surface area contributed by atoms with Crippen LogP contribution in [0.1, 0.15) is 39.2 Å². The largest absolute Gasteiger partial charge is 0.462 e. The van der Waals surface area contributed by atoms with Gasteiger partial charge in [-0.25, -0.2) is 14.6 Å². The van der Waals surface area contributed by atoms with Crippen molar-refractivity contribution in [3.63, 3.8) is 0 Å². The van der Waals surface area contributed by atoms with Crippen molar-refractivity contribution in [1.29, 1.82) is 0 Å². The van der Waals surface area contributed by atoms with E-state index in [0.717, 1.165) is 12.1 Å². The molecule has 0 aliphatic carbocycles. The molecule has 4 N–H and O–H groups in total. The summed E-state index contributed by atoms with van der Waals surface area (Å²) >= 11 is 0. The highest BCUT2D eigenvalue weighted by molar-refractivity contribution is 6.07. The molecule has 0 spiro atoms. The standard InChI is InChI=1S/C18H17N5O7/c1-3-28-18(25)13-8(2)30-16-14(13)15(20)21-12(22-16)7-29-17(24)10-5-4-9(23(26)27)6-11(10)19/h4-6H,3,7,19H2,1-2H3,(H2,20,21,22). The molecule has 12 heteroatoms. The number of carbonyl (C=O) groups excluding carboxylic acids is 2. The molecule has 3 rings (SSSR count). The van der Waals surface area contributed by atoms with Crippen molar-refractivity contribution in [3.05, 3.63) is 51.0 Å². The number of carbonyl (C=O) groups is 2. The first kappa shape index (κ1) is 20.5. The van der Waals surface area contributed by atoms with Crippen LogP contribution in [0.4, 0.5) is 17.2 Å². The number of anilines is 2. The molecule has 1 aromatic carbocycles. The number of nitrogens with two attached hydrogens (primary N) is 2. The summed E-state index contributed by atoms with van der Waals surface area (Å²) in [5.74, 6) is -1.19. The number of rotatable bonds is 6. The Labute approximate surface area is 168 Å². The van der Waals surface area contributed by atoms with Gasteiger partial charge in [-0.05, 0) is 19.9 Å². The summed E-state index contributed by atoms with van der Waals surface area (Å²) in [4.78, 5) is 42.7. The van der Waals surface area contributed by atoms with Crippen molar-refractivity contribution < 1.29 is 28.4 Å². The molecule has 0 aliphatic heterocycles. The van der Waals surface area contributed by atoms with Crippen LogP contribution in [0.25, 0.3) is 11.1 Å². The van der Waals surface area contributed by atoms with Gasteiger partial charge in [0.05, 0.1) is 28.2 Å². The lowest BCUT2D eigenvalue weighted by molar-refractivity contribution is -0.384. The van der Waals surface area contributed by atoms with Gasteiger partial charge in [0.1, 0.15) is 17.1 Å². The normalized spacial score (nSPS) is 10.7. The third kappa shape index (κ3) is 3.83. The Balaban J connectivity index is 1.82. The van der Waals surface area contributed by atoms with Crippen LogP contribution >= 0.6 is 0 Å². The SMILES string of the molecule is CCOC(=O)c1c(C)oc2nc(COC(=O)c3ccc([N+](=O)[O-])cc3N)nc(N)c12. The number of esters is 2. The molecule has 0 fully saturated rings.